The maximum absolute atomic E-state index is 5.76. The van der Waals surface area contributed by atoms with Gasteiger partial charge in [-0.15, -0.1) is 0 Å². The SMILES string of the molecule is Nc1ccc(-c2nc3ccc(-c4ccc5nc[nH]c5c4)cc3[nH]2)cc1. The first-order valence-corrected chi connectivity index (χ1v) is 8.05. The lowest BCUT2D eigenvalue weighted by Gasteiger charge is -2.01. The largest absolute Gasteiger partial charge is 0.399 e. The first-order chi connectivity index (χ1) is 12.3. The van der Waals surface area contributed by atoms with Gasteiger partial charge < -0.3 is 15.7 Å². The molecule has 3 aromatic carbocycles. The van der Waals surface area contributed by atoms with Crippen LogP contribution in [0.1, 0.15) is 0 Å². The lowest BCUT2D eigenvalue weighted by atomic mass is 10.0. The Hall–Kier alpha value is -3.60. The van der Waals surface area contributed by atoms with Crippen molar-refractivity contribution >= 4 is 27.8 Å². The van der Waals surface area contributed by atoms with Crippen molar-refractivity contribution in [2.24, 2.45) is 0 Å². The minimum absolute atomic E-state index is 0.747. The molecule has 2 aromatic heterocycles. The number of aromatic nitrogens is 4. The minimum Gasteiger partial charge on any atom is -0.399 e. The number of rotatable bonds is 2. The molecular formula is C20H15N5. The number of hydrogen-bond acceptors (Lipinski definition) is 3. The second-order valence-corrected chi connectivity index (χ2v) is 6.07. The van der Waals surface area contributed by atoms with E-state index in [1.54, 1.807) is 6.33 Å². The highest BCUT2D eigenvalue weighted by atomic mass is 14.9. The fourth-order valence-corrected chi connectivity index (χ4v) is 3.08. The molecule has 0 aliphatic rings. The Labute approximate surface area is 143 Å². The molecule has 0 unspecified atom stereocenters. The van der Waals surface area contributed by atoms with E-state index in [-0.39, 0.29) is 0 Å². The predicted molar refractivity (Wildman–Crippen MR) is 101 cm³/mol. The smallest absolute Gasteiger partial charge is 0.138 e. The van der Waals surface area contributed by atoms with E-state index in [1.807, 2.05) is 36.4 Å². The minimum atomic E-state index is 0.747. The summed E-state index contributed by atoms with van der Waals surface area (Å²) < 4.78 is 0. The summed E-state index contributed by atoms with van der Waals surface area (Å²) in [6.07, 6.45) is 1.71. The van der Waals surface area contributed by atoms with Crippen LogP contribution in [0.3, 0.4) is 0 Å². The summed E-state index contributed by atoms with van der Waals surface area (Å²) in [6, 6.07) is 20.2. The highest BCUT2D eigenvalue weighted by molar-refractivity contribution is 5.87. The Morgan fingerprint density at radius 3 is 2.20 bits per heavy atom. The zero-order valence-electron chi connectivity index (χ0n) is 13.3. The summed E-state index contributed by atoms with van der Waals surface area (Å²) in [5.41, 5.74) is 13.8. The number of hydrogen-bond donors (Lipinski definition) is 3. The second kappa shape index (κ2) is 5.21. The lowest BCUT2D eigenvalue weighted by Crippen LogP contribution is -1.84. The number of fused-ring (bicyclic) bond motifs is 2. The summed E-state index contributed by atoms with van der Waals surface area (Å²) in [6.45, 7) is 0. The average Bonchev–Trinajstić information content (AvgIpc) is 3.27. The van der Waals surface area contributed by atoms with Gasteiger partial charge in [-0.2, -0.15) is 0 Å². The highest BCUT2D eigenvalue weighted by Crippen LogP contribution is 2.27. The number of anilines is 1. The lowest BCUT2D eigenvalue weighted by molar-refractivity contribution is 1.34. The molecule has 0 aliphatic carbocycles. The normalized spacial score (nSPS) is 11.4. The van der Waals surface area contributed by atoms with Crippen molar-refractivity contribution in [2.75, 3.05) is 5.73 Å². The van der Waals surface area contributed by atoms with E-state index in [1.165, 1.54) is 0 Å². The van der Waals surface area contributed by atoms with Crippen LogP contribution in [0.15, 0.2) is 67.0 Å². The first kappa shape index (κ1) is 13.8. The number of H-pyrrole nitrogens is 2. The summed E-state index contributed by atoms with van der Waals surface area (Å²) in [7, 11) is 0. The maximum atomic E-state index is 5.76. The highest BCUT2D eigenvalue weighted by Gasteiger charge is 2.08. The van der Waals surface area contributed by atoms with Gasteiger partial charge in [-0.25, -0.2) is 9.97 Å². The topological polar surface area (TPSA) is 83.4 Å². The van der Waals surface area contributed by atoms with Crippen LogP contribution >= 0.6 is 0 Å². The average molecular weight is 325 g/mol. The second-order valence-electron chi connectivity index (χ2n) is 6.07. The molecule has 0 spiro atoms. The summed E-state index contributed by atoms with van der Waals surface area (Å²) in [5.74, 6) is 0.844. The third-order valence-corrected chi connectivity index (χ3v) is 4.42. The van der Waals surface area contributed by atoms with Crippen molar-refractivity contribution in [1.82, 2.24) is 19.9 Å². The van der Waals surface area contributed by atoms with Crippen LogP contribution in [0.5, 0.6) is 0 Å². The van der Waals surface area contributed by atoms with Crippen LogP contribution in [-0.2, 0) is 0 Å². The van der Waals surface area contributed by atoms with Crippen LogP contribution in [0.2, 0.25) is 0 Å². The van der Waals surface area contributed by atoms with Gasteiger partial charge in [0.25, 0.3) is 0 Å². The van der Waals surface area contributed by atoms with Gasteiger partial charge in [0.15, 0.2) is 0 Å². The standard InChI is InChI=1S/C20H15N5/c21-15-5-1-12(2-6-15)20-24-17-8-4-14(10-19(17)25-20)13-3-7-16-18(9-13)23-11-22-16/h1-11H,21H2,(H,22,23)(H,24,25). The van der Waals surface area contributed by atoms with E-state index < -0.39 is 0 Å². The molecule has 5 heteroatoms. The Balaban J connectivity index is 1.60. The third kappa shape index (κ3) is 2.33. The molecule has 5 aromatic rings. The molecule has 0 fully saturated rings. The van der Waals surface area contributed by atoms with Crippen molar-refractivity contribution in [1.29, 1.82) is 0 Å². The molecule has 0 atom stereocenters. The summed E-state index contributed by atoms with van der Waals surface area (Å²) >= 11 is 0. The predicted octanol–water partition coefficient (Wildman–Crippen LogP) is 4.36. The van der Waals surface area contributed by atoms with Gasteiger partial charge in [0.2, 0.25) is 0 Å². The fraction of sp³-hybridized carbons (Fsp3) is 0. The molecular weight excluding hydrogens is 310 g/mol. The number of nitrogens with zero attached hydrogens (tertiary/aromatic N) is 2. The molecule has 25 heavy (non-hydrogen) atoms. The Morgan fingerprint density at radius 2 is 1.40 bits per heavy atom. The van der Waals surface area contributed by atoms with Gasteiger partial charge in [0.1, 0.15) is 5.82 Å². The number of imidazole rings is 2. The molecule has 5 nitrogen and oxygen atoms in total. The number of nitrogens with two attached hydrogens (primary N) is 1. The fourth-order valence-electron chi connectivity index (χ4n) is 3.08. The van der Waals surface area contributed by atoms with Gasteiger partial charge in [0.05, 0.1) is 28.4 Å². The molecule has 4 N–H and O–H groups in total. The van der Waals surface area contributed by atoms with Crippen molar-refractivity contribution in [3.63, 3.8) is 0 Å². The molecule has 120 valence electrons. The van der Waals surface area contributed by atoms with Gasteiger partial charge >= 0.3 is 0 Å². The first-order valence-electron chi connectivity index (χ1n) is 8.05. The number of nitrogen functional groups attached to an aromatic ring is 1. The van der Waals surface area contributed by atoms with E-state index in [4.69, 9.17) is 5.73 Å². The molecule has 5 rings (SSSR count). The molecule has 0 amide bonds. The van der Waals surface area contributed by atoms with E-state index in [0.29, 0.717) is 0 Å². The van der Waals surface area contributed by atoms with E-state index in [0.717, 1.165) is 50.3 Å². The maximum Gasteiger partial charge on any atom is 0.138 e. The van der Waals surface area contributed by atoms with E-state index >= 15 is 0 Å². The van der Waals surface area contributed by atoms with Crippen LogP contribution in [0.25, 0.3) is 44.6 Å². The third-order valence-electron chi connectivity index (χ3n) is 4.42. The van der Waals surface area contributed by atoms with Crippen molar-refractivity contribution in [2.45, 2.75) is 0 Å². The van der Waals surface area contributed by atoms with Gasteiger partial charge in [-0.1, -0.05) is 12.1 Å². The van der Waals surface area contributed by atoms with Crippen molar-refractivity contribution in [3.05, 3.63) is 67.0 Å². The van der Waals surface area contributed by atoms with E-state index in [9.17, 15) is 0 Å². The molecule has 2 heterocycles. The van der Waals surface area contributed by atoms with Crippen molar-refractivity contribution in [3.8, 4) is 22.5 Å². The monoisotopic (exact) mass is 325 g/mol. The molecule has 0 saturated heterocycles. The Morgan fingerprint density at radius 1 is 0.720 bits per heavy atom. The molecule has 0 aliphatic heterocycles. The van der Waals surface area contributed by atoms with Crippen LogP contribution in [0, 0.1) is 0 Å². The van der Waals surface area contributed by atoms with Crippen LogP contribution in [0.4, 0.5) is 5.69 Å². The van der Waals surface area contributed by atoms with Gasteiger partial charge in [0, 0.05) is 11.3 Å². The number of aromatic amines is 2. The van der Waals surface area contributed by atoms with Crippen LogP contribution < -0.4 is 5.73 Å². The Kier molecular flexibility index (Phi) is 2.87. The Bertz CT molecular complexity index is 1200. The summed E-state index contributed by atoms with van der Waals surface area (Å²) in [5, 5.41) is 0. The van der Waals surface area contributed by atoms with E-state index in [2.05, 4.69) is 44.2 Å². The van der Waals surface area contributed by atoms with Gasteiger partial charge in [-0.3, -0.25) is 0 Å². The number of benzene rings is 3. The molecule has 0 radical (unpaired) electrons. The van der Waals surface area contributed by atoms with Gasteiger partial charge in [-0.05, 0) is 59.7 Å². The quantitative estimate of drug-likeness (QED) is 0.422. The zero-order chi connectivity index (χ0) is 16.8. The van der Waals surface area contributed by atoms with Crippen LogP contribution in [-0.4, -0.2) is 19.9 Å². The summed E-state index contributed by atoms with van der Waals surface area (Å²) in [4.78, 5) is 15.5. The molecule has 0 bridgehead atoms. The van der Waals surface area contributed by atoms with Crippen molar-refractivity contribution < 1.29 is 0 Å². The number of nitrogens with one attached hydrogen (secondary N) is 2. The zero-order valence-corrected chi connectivity index (χ0v) is 13.3. The molecule has 0 saturated carbocycles.